The van der Waals surface area contributed by atoms with Crippen LogP contribution in [0.4, 0.5) is 5.69 Å². The molecule has 0 fully saturated rings. The van der Waals surface area contributed by atoms with Gasteiger partial charge in [0.15, 0.2) is 0 Å². The summed E-state index contributed by atoms with van der Waals surface area (Å²) in [4.78, 5) is 2.49. The van der Waals surface area contributed by atoms with Crippen molar-refractivity contribution < 1.29 is 0 Å². The van der Waals surface area contributed by atoms with Gasteiger partial charge in [0.25, 0.3) is 0 Å². The van der Waals surface area contributed by atoms with Gasteiger partial charge in [0.05, 0.1) is 0 Å². The van der Waals surface area contributed by atoms with Crippen LogP contribution in [0.15, 0.2) is 88.7 Å². The van der Waals surface area contributed by atoms with E-state index >= 15 is 0 Å². The van der Waals surface area contributed by atoms with E-state index in [2.05, 4.69) is 60.7 Å². The molecule has 0 aliphatic carbocycles. The molecule has 3 aromatic carbocycles. The Morgan fingerprint density at radius 3 is 2.05 bits per heavy atom. The number of hydrogen-bond donors (Lipinski definition) is 1. The van der Waals surface area contributed by atoms with Crippen LogP contribution in [0, 0.1) is 0 Å². The number of nitrogen functional groups attached to an aromatic ring is 1. The Kier molecular flexibility index (Phi) is 3.75. The van der Waals surface area contributed by atoms with Gasteiger partial charge in [-0.3, -0.25) is 0 Å². The fraction of sp³-hybridized carbons (Fsp3) is 0. The molecule has 0 saturated carbocycles. The van der Waals surface area contributed by atoms with E-state index < -0.39 is 0 Å². The van der Waals surface area contributed by atoms with Gasteiger partial charge in [-0.2, -0.15) is 0 Å². The predicted molar refractivity (Wildman–Crippen MR) is 86.9 cm³/mol. The van der Waals surface area contributed by atoms with Gasteiger partial charge < -0.3 is 5.73 Å². The van der Waals surface area contributed by atoms with E-state index in [9.17, 15) is 0 Å². The Morgan fingerprint density at radius 1 is 0.600 bits per heavy atom. The molecule has 0 unspecified atom stereocenters. The van der Waals surface area contributed by atoms with E-state index in [0.29, 0.717) is 0 Å². The lowest BCUT2D eigenvalue weighted by Crippen LogP contribution is -1.84. The maximum absolute atomic E-state index is 5.73. The van der Waals surface area contributed by atoms with E-state index in [4.69, 9.17) is 5.73 Å². The summed E-state index contributed by atoms with van der Waals surface area (Å²) in [5, 5.41) is 0. The molecule has 20 heavy (non-hydrogen) atoms. The molecule has 3 rings (SSSR count). The van der Waals surface area contributed by atoms with Crippen molar-refractivity contribution in [3.63, 3.8) is 0 Å². The van der Waals surface area contributed by atoms with Gasteiger partial charge in [-0.15, -0.1) is 0 Å². The van der Waals surface area contributed by atoms with E-state index in [1.807, 2.05) is 18.2 Å². The fourth-order valence-electron chi connectivity index (χ4n) is 2.04. The highest BCUT2D eigenvalue weighted by molar-refractivity contribution is 7.99. The van der Waals surface area contributed by atoms with Crippen molar-refractivity contribution in [1.82, 2.24) is 0 Å². The van der Waals surface area contributed by atoms with E-state index in [1.165, 1.54) is 20.9 Å². The summed E-state index contributed by atoms with van der Waals surface area (Å²) in [7, 11) is 0. The molecule has 0 heterocycles. The van der Waals surface area contributed by atoms with Crippen molar-refractivity contribution in [2.24, 2.45) is 0 Å². The number of nitrogens with two attached hydrogens (primary N) is 1. The van der Waals surface area contributed by atoms with Gasteiger partial charge in [-0.1, -0.05) is 54.2 Å². The van der Waals surface area contributed by atoms with Crippen LogP contribution in [0.5, 0.6) is 0 Å². The molecular weight excluding hydrogens is 262 g/mol. The highest BCUT2D eigenvalue weighted by Crippen LogP contribution is 2.30. The monoisotopic (exact) mass is 277 g/mol. The first-order valence-corrected chi connectivity index (χ1v) is 7.32. The van der Waals surface area contributed by atoms with Crippen LogP contribution in [0.1, 0.15) is 0 Å². The van der Waals surface area contributed by atoms with E-state index in [0.717, 1.165) is 5.69 Å². The average molecular weight is 277 g/mol. The largest absolute Gasteiger partial charge is 0.399 e. The minimum Gasteiger partial charge on any atom is -0.399 e. The molecule has 2 heteroatoms. The molecule has 2 N–H and O–H groups in total. The topological polar surface area (TPSA) is 26.0 Å². The third-order valence-corrected chi connectivity index (χ3v) is 4.05. The Hall–Kier alpha value is -2.19. The molecular formula is C18H15NS. The zero-order valence-electron chi connectivity index (χ0n) is 11.0. The van der Waals surface area contributed by atoms with Crippen LogP contribution in [-0.2, 0) is 0 Å². The molecule has 98 valence electrons. The molecule has 0 aliphatic rings. The Balaban J connectivity index is 1.88. The molecule has 0 amide bonds. The SMILES string of the molecule is Nc1ccc(-c2cccc(Sc3ccccc3)c2)cc1. The third kappa shape index (κ3) is 3.03. The molecule has 0 atom stereocenters. The number of anilines is 1. The van der Waals surface area contributed by atoms with Crippen molar-refractivity contribution in [3.8, 4) is 11.1 Å². The summed E-state index contributed by atoms with van der Waals surface area (Å²) in [6, 6.07) is 27.0. The summed E-state index contributed by atoms with van der Waals surface area (Å²) in [6.45, 7) is 0. The van der Waals surface area contributed by atoms with Gasteiger partial charge >= 0.3 is 0 Å². The zero-order valence-corrected chi connectivity index (χ0v) is 11.8. The molecule has 3 aromatic rings. The lowest BCUT2D eigenvalue weighted by atomic mass is 10.1. The Labute approximate surface area is 123 Å². The van der Waals surface area contributed by atoms with Crippen LogP contribution in [0.25, 0.3) is 11.1 Å². The molecule has 0 radical (unpaired) electrons. The van der Waals surface area contributed by atoms with Crippen LogP contribution < -0.4 is 5.73 Å². The summed E-state index contributed by atoms with van der Waals surface area (Å²) in [5.74, 6) is 0. The van der Waals surface area contributed by atoms with E-state index in [-0.39, 0.29) is 0 Å². The van der Waals surface area contributed by atoms with Gasteiger partial charge in [-0.25, -0.2) is 0 Å². The highest BCUT2D eigenvalue weighted by Gasteiger charge is 2.01. The molecule has 0 bridgehead atoms. The van der Waals surface area contributed by atoms with Crippen molar-refractivity contribution >= 4 is 17.4 Å². The number of hydrogen-bond acceptors (Lipinski definition) is 2. The summed E-state index contributed by atoms with van der Waals surface area (Å²) < 4.78 is 0. The molecule has 1 nitrogen and oxygen atoms in total. The first-order valence-electron chi connectivity index (χ1n) is 6.50. The third-order valence-electron chi connectivity index (χ3n) is 3.06. The Bertz CT molecular complexity index is 690. The van der Waals surface area contributed by atoms with Gasteiger partial charge in [0.1, 0.15) is 0 Å². The van der Waals surface area contributed by atoms with Crippen LogP contribution in [0.2, 0.25) is 0 Å². The standard InChI is InChI=1S/C18H15NS/c19-16-11-9-14(10-12-16)15-5-4-8-18(13-15)20-17-6-2-1-3-7-17/h1-13H,19H2. The second kappa shape index (κ2) is 5.85. The molecule has 0 aromatic heterocycles. The van der Waals surface area contributed by atoms with Crippen molar-refractivity contribution in [2.45, 2.75) is 9.79 Å². The van der Waals surface area contributed by atoms with Crippen molar-refractivity contribution in [3.05, 3.63) is 78.9 Å². The van der Waals surface area contributed by atoms with Gasteiger partial charge in [0.2, 0.25) is 0 Å². The summed E-state index contributed by atoms with van der Waals surface area (Å²) in [5.41, 5.74) is 8.93. The fourth-order valence-corrected chi connectivity index (χ4v) is 2.94. The smallest absolute Gasteiger partial charge is 0.0314 e. The highest BCUT2D eigenvalue weighted by atomic mass is 32.2. The quantitative estimate of drug-likeness (QED) is 0.675. The first-order chi connectivity index (χ1) is 9.81. The summed E-state index contributed by atoms with van der Waals surface area (Å²) in [6.07, 6.45) is 0. The van der Waals surface area contributed by atoms with Crippen LogP contribution >= 0.6 is 11.8 Å². The van der Waals surface area contributed by atoms with Crippen molar-refractivity contribution in [1.29, 1.82) is 0 Å². The molecule has 0 aliphatic heterocycles. The first kappa shape index (κ1) is 12.8. The number of rotatable bonds is 3. The van der Waals surface area contributed by atoms with Crippen LogP contribution in [-0.4, -0.2) is 0 Å². The maximum Gasteiger partial charge on any atom is 0.0314 e. The minimum atomic E-state index is 0.795. The molecule has 0 saturated heterocycles. The Morgan fingerprint density at radius 2 is 1.30 bits per heavy atom. The predicted octanol–water partition coefficient (Wildman–Crippen LogP) is 5.09. The molecule has 0 spiro atoms. The van der Waals surface area contributed by atoms with Gasteiger partial charge in [0, 0.05) is 15.5 Å². The maximum atomic E-state index is 5.73. The van der Waals surface area contributed by atoms with Crippen LogP contribution in [0.3, 0.4) is 0 Å². The second-order valence-corrected chi connectivity index (χ2v) is 5.71. The second-order valence-electron chi connectivity index (χ2n) is 4.56. The summed E-state index contributed by atoms with van der Waals surface area (Å²) >= 11 is 1.77. The lowest BCUT2D eigenvalue weighted by Gasteiger charge is -2.06. The normalized spacial score (nSPS) is 10.4. The van der Waals surface area contributed by atoms with Crippen molar-refractivity contribution in [2.75, 3.05) is 5.73 Å². The number of benzene rings is 3. The lowest BCUT2D eigenvalue weighted by molar-refractivity contribution is 1.40. The van der Waals surface area contributed by atoms with E-state index in [1.54, 1.807) is 11.8 Å². The minimum absolute atomic E-state index is 0.795. The average Bonchev–Trinajstić information content (AvgIpc) is 2.49. The zero-order chi connectivity index (χ0) is 13.8. The van der Waals surface area contributed by atoms with Gasteiger partial charge in [-0.05, 0) is 47.5 Å².